The fourth-order valence-corrected chi connectivity index (χ4v) is 5.13. The van der Waals surface area contributed by atoms with Gasteiger partial charge in [0.25, 0.3) is 0 Å². The summed E-state index contributed by atoms with van der Waals surface area (Å²) in [6.45, 7) is 17.9. The van der Waals surface area contributed by atoms with E-state index in [2.05, 4.69) is 33.9 Å². The van der Waals surface area contributed by atoms with Gasteiger partial charge in [0, 0.05) is 31.5 Å². The van der Waals surface area contributed by atoms with E-state index in [9.17, 15) is 14.4 Å². The molecule has 35 heavy (non-hydrogen) atoms. The maximum Gasteiger partial charge on any atom is 0.410 e. The molecule has 0 aliphatic carbocycles. The Balaban J connectivity index is 2.11. The van der Waals surface area contributed by atoms with E-state index in [4.69, 9.17) is 9.16 Å². The Hall–Kier alpha value is -1.99. The molecule has 0 saturated carbocycles. The number of rotatable bonds is 9. The topological polar surface area (TPSA) is 72.9 Å². The average Bonchev–Trinajstić information content (AvgIpc) is 2.72. The van der Waals surface area contributed by atoms with E-state index < -0.39 is 19.3 Å². The van der Waals surface area contributed by atoms with Gasteiger partial charge >= 0.3 is 6.09 Å². The van der Waals surface area contributed by atoms with Crippen LogP contribution in [0.15, 0.2) is 30.3 Å². The van der Waals surface area contributed by atoms with Crippen molar-refractivity contribution in [3.63, 3.8) is 0 Å². The van der Waals surface area contributed by atoms with Crippen molar-refractivity contribution in [1.82, 2.24) is 4.90 Å². The zero-order chi connectivity index (χ0) is 26.5. The molecule has 6 nitrogen and oxygen atoms in total. The molecule has 2 rings (SSSR count). The zero-order valence-electron chi connectivity index (χ0n) is 23.0. The number of carbonyl (C=O) groups is 3. The van der Waals surface area contributed by atoms with Crippen molar-refractivity contribution in [3.05, 3.63) is 35.9 Å². The fourth-order valence-electron chi connectivity index (χ4n) is 4.08. The van der Waals surface area contributed by atoms with Crippen LogP contribution >= 0.6 is 0 Å². The molecule has 1 heterocycles. The third-order valence-electron chi connectivity index (χ3n) is 7.42. The molecule has 7 heteroatoms. The van der Waals surface area contributed by atoms with Crippen LogP contribution in [0.4, 0.5) is 4.79 Å². The standard InChI is InChI=1S/C28H45NO5Si/c1-26(2,3)34-25(32)29-17-14-28(15-18-29,16-19-33-35(7,8)27(4,5)6)24(31)21-23(30)20-22-12-10-9-11-13-22/h9-13H,14-21H2,1-8H3. The first-order chi connectivity index (χ1) is 16.0. The number of amides is 1. The Morgan fingerprint density at radius 2 is 1.54 bits per heavy atom. The van der Waals surface area contributed by atoms with Crippen LogP contribution in [0, 0.1) is 5.41 Å². The Labute approximate surface area is 212 Å². The van der Waals surface area contributed by atoms with E-state index in [-0.39, 0.29) is 35.5 Å². The molecule has 1 saturated heterocycles. The van der Waals surface area contributed by atoms with Gasteiger partial charge in [-0.25, -0.2) is 4.79 Å². The number of carbonyl (C=O) groups excluding carboxylic acids is 3. The number of Topliss-reactive ketones (excluding diaryl/α,β-unsaturated/α-hetero) is 2. The van der Waals surface area contributed by atoms with Gasteiger partial charge in [-0.1, -0.05) is 51.1 Å². The van der Waals surface area contributed by atoms with Crippen molar-refractivity contribution in [2.24, 2.45) is 5.41 Å². The summed E-state index contributed by atoms with van der Waals surface area (Å²) >= 11 is 0. The molecule has 0 unspecified atom stereocenters. The molecular weight excluding hydrogens is 458 g/mol. The van der Waals surface area contributed by atoms with E-state index >= 15 is 0 Å². The van der Waals surface area contributed by atoms with Crippen molar-refractivity contribution in [1.29, 1.82) is 0 Å². The maximum atomic E-state index is 13.6. The van der Waals surface area contributed by atoms with Crippen molar-refractivity contribution in [2.45, 2.75) is 97.4 Å². The highest BCUT2D eigenvalue weighted by molar-refractivity contribution is 6.74. The maximum absolute atomic E-state index is 13.6. The van der Waals surface area contributed by atoms with E-state index in [1.807, 2.05) is 51.1 Å². The molecule has 0 atom stereocenters. The SMILES string of the molecule is CC(C)(C)OC(=O)N1CCC(CCO[Si](C)(C)C(C)(C)C)(C(=O)CC(=O)Cc2ccccc2)CC1. The van der Waals surface area contributed by atoms with Gasteiger partial charge in [-0.05, 0) is 63.7 Å². The summed E-state index contributed by atoms with van der Waals surface area (Å²) in [7, 11) is -1.96. The largest absolute Gasteiger partial charge is 0.444 e. The second kappa shape index (κ2) is 11.4. The number of hydrogen-bond acceptors (Lipinski definition) is 5. The van der Waals surface area contributed by atoms with Crippen LogP contribution in [-0.2, 0) is 25.2 Å². The van der Waals surface area contributed by atoms with Gasteiger partial charge < -0.3 is 14.1 Å². The predicted molar refractivity (Wildman–Crippen MR) is 142 cm³/mol. The van der Waals surface area contributed by atoms with E-state index in [0.29, 0.717) is 39.0 Å². The molecule has 0 aromatic heterocycles. The van der Waals surface area contributed by atoms with Crippen LogP contribution in [-0.4, -0.2) is 56.2 Å². The quantitative estimate of drug-likeness (QED) is 0.297. The molecule has 1 aliphatic rings. The van der Waals surface area contributed by atoms with Crippen LogP contribution in [0.25, 0.3) is 0 Å². The highest BCUT2D eigenvalue weighted by Crippen LogP contribution is 2.40. The Bertz CT molecular complexity index is 875. The molecule has 0 radical (unpaired) electrons. The van der Waals surface area contributed by atoms with Gasteiger partial charge in [-0.3, -0.25) is 9.59 Å². The Kier molecular flexibility index (Phi) is 9.50. The number of benzene rings is 1. The van der Waals surface area contributed by atoms with Gasteiger partial charge in [0.1, 0.15) is 17.2 Å². The second-order valence-electron chi connectivity index (χ2n) is 12.4. The van der Waals surface area contributed by atoms with E-state index in [0.717, 1.165) is 5.56 Å². The number of nitrogens with zero attached hydrogens (tertiary/aromatic N) is 1. The number of ketones is 2. The highest BCUT2D eigenvalue weighted by atomic mass is 28.4. The fraction of sp³-hybridized carbons (Fsp3) is 0.679. The predicted octanol–water partition coefficient (Wildman–Crippen LogP) is 6.19. The molecule has 0 bridgehead atoms. The molecule has 1 aliphatic heterocycles. The smallest absolute Gasteiger partial charge is 0.410 e. The summed E-state index contributed by atoms with van der Waals surface area (Å²) in [5.41, 5.74) is -0.310. The Morgan fingerprint density at radius 3 is 2.06 bits per heavy atom. The molecule has 196 valence electrons. The van der Waals surface area contributed by atoms with E-state index in [1.165, 1.54) is 0 Å². The van der Waals surface area contributed by atoms with Crippen molar-refractivity contribution in [3.8, 4) is 0 Å². The minimum Gasteiger partial charge on any atom is -0.444 e. The number of ether oxygens (including phenoxy) is 1. The van der Waals surface area contributed by atoms with Crippen LogP contribution in [0.2, 0.25) is 18.1 Å². The zero-order valence-corrected chi connectivity index (χ0v) is 24.0. The summed E-state index contributed by atoms with van der Waals surface area (Å²) < 4.78 is 11.9. The van der Waals surface area contributed by atoms with Gasteiger partial charge in [0.2, 0.25) is 0 Å². The lowest BCUT2D eigenvalue weighted by atomic mass is 9.71. The van der Waals surface area contributed by atoms with Crippen molar-refractivity contribution in [2.75, 3.05) is 19.7 Å². The first kappa shape index (κ1) is 29.2. The van der Waals surface area contributed by atoms with Crippen LogP contribution in [0.5, 0.6) is 0 Å². The normalized spacial score (nSPS) is 16.6. The van der Waals surface area contributed by atoms with Crippen molar-refractivity contribution < 1.29 is 23.5 Å². The van der Waals surface area contributed by atoms with Gasteiger partial charge in [0.05, 0.1) is 6.42 Å². The third kappa shape index (κ3) is 8.56. The summed E-state index contributed by atoms with van der Waals surface area (Å²) in [6.07, 6.45) is 1.43. The first-order valence-electron chi connectivity index (χ1n) is 12.8. The highest BCUT2D eigenvalue weighted by Gasteiger charge is 2.44. The van der Waals surface area contributed by atoms with Crippen molar-refractivity contribution >= 4 is 26.0 Å². The Morgan fingerprint density at radius 1 is 0.971 bits per heavy atom. The molecule has 0 spiro atoms. The molecule has 1 amide bonds. The van der Waals surface area contributed by atoms with Crippen LogP contribution in [0.1, 0.15) is 72.8 Å². The number of likely N-dealkylation sites (tertiary alicyclic amines) is 1. The number of piperidine rings is 1. The third-order valence-corrected chi connectivity index (χ3v) is 12.0. The minimum atomic E-state index is -1.96. The first-order valence-corrected chi connectivity index (χ1v) is 15.7. The molecular formula is C28H45NO5Si. The number of hydrogen-bond donors (Lipinski definition) is 0. The lowest BCUT2D eigenvalue weighted by molar-refractivity contribution is -0.136. The lowest BCUT2D eigenvalue weighted by Crippen LogP contribution is -2.49. The van der Waals surface area contributed by atoms with Gasteiger partial charge in [-0.15, -0.1) is 0 Å². The monoisotopic (exact) mass is 503 g/mol. The van der Waals surface area contributed by atoms with Crippen LogP contribution in [0.3, 0.4) is 0 Å². The molecule has 1 aromatic carbocycles. The summed E-state index contributed by atoms with van der Waals surface area (Å²) in [5.74, 6) is -0.0958. The second-order valence-corrected chi connectivity index (χ2v) is 17.2. The summed E-state index contributed by atoms with van der Waals surface area (Å²) in [6, 6.07) is 9.52. The molecule has 1 aromatic rings. The molecule has 0 N–H and O–H groups in total. The van der Waals surface area contributed by atoms with Crippen LogP contribution < -0.4 is 0 Å². The summed E-state index contributed by atoms with van der Waals surface area (Å²) in [4.78, 5) is 40.6. The average molecular weight is 504 g/mol. The van der Waals surface area contributed by atoms with Gasteiger partial charge in [-0.2, -0.15) is 0 Å². The minimum absolute atomic E-state index is 0.0268. The molecule has 1 fully saturated rings. The summed E-state index contributed by atoms with van der Waals surface area (Å²) in [5, 5.41) is 0.0793. The van der Waals surface area contributed by atoms with E-state index in [1.54, 1.807) is 4.90 Å². The van der Waals surface area contributed by atoms with Gasteiger partial charge in [0.15, 0.2) is 8.32 Å². The lowest BCUT2D eigenvalue weighted by Gasteiger charge is -2.42.